The monoisotopic (exact) mass is 399 g/mol. The van der Waals surface area contributed by atoms with Gasteiger partial charge in [-0.15, -0.1) is 0 Å². The van der Waals surface area contributed by atoms with Crippen LogP contribution in [0.3, 0.4) is 0 Å². The predicted molar refractivity (Wildman–Crippen MR) is 108 cm³/mol. The van der Waals surface area contributed by atoms with E-state index >= 15 is 0 Å². The molecule has 0 aliphatic rings. The highest BCUT2D eigenvalue weighted by atomic mass is 32.2. The number of hydrogen-bond donors (Lipinski definition) is 1. The summed E-state index contributed by atoms with van der Waals surface area (Å²) < 4.78 is 31.0. The molecule has 1 N–H and O–H groups in total. The predicted octanol–water partition coefficient (Wildman–Crippen LogP) is 3.15. The second-order valence-corrected chi connectivity index (χ2v) is 8.65. The quantitative estimate of drug-likeness (QED) is 0.527. The van der Waals surface area contributed by atoms with E-state index in [0.717, 1.165) is 15.3 Å². The number of carbonyl (C=O) groups is 1. The summed E-state index contributed by atoms with van der Waals surface area (Å²) in [6, 6.07) is 13.7. The van der Waals surface area contributed by atoms with Crippen LogP contribution in [0.2, 0.25) is 0 Å². The van der Waals surface area contributed by atoms with Gasteiger partial charge in [0.1, 0.15) is 5.58 Å². The van der Waals surface area contributed by atoms with Crippen molar-refractivity contribution in [2.45, 2.75) is 18.7 Å². The fraction of sp³-hybridized carbons (Fsp3) is 0.200. The van der Waals surface area contributed by atoms with Gasteiger partial charge >= 0.3 is 5.91 Å². The summed E-state index contributed by atoms with van der Waals surface area (Å²) in [6.07, 6.45) is 0. The second kappa shape index (κ2) is 7.57. The average molecular weight is 399 g/mol. The largest absolute Gasteiger partial charge is 0.451 e. The lowest BCUT2D eigenvalue weighted by Crippen LogP contribution is -2.22. The van der Waals surface area contributed by atoms with Crippen LogP contribution in [0, 0.1) is 6.92 Å². The zero-order chi connectivity index (χ0) is 20.5. The normalized spacial score (nSPS) is 12.5. The second-order valence-electron chi connectivity index (χ2n) is 6.50. The molecular weight excluding hydrogens is 378 g/mol. The van der Waals surface area contributed by atoms with Crippen molar-refractivity contribution in [1.29, 1.82) is 0 Å². The first-order valence-corrected chi connectivity index (χ1v) is 10.0. The molecule has 0 saturated heterocycles. The highest BCUT2D eigenvalue weighted by Gasteiger charge is 2.18. The van der Waals surface area contributed by atoms with Crippen molar-refractivity contribution in [2.75, 3.05) is 14.1 Å². The minimum atomic E-state index is -3.49. The smallest absolute Gasteiger partial charge is 0.307 e. The fourth-order valence-corrected chi connectivity index (χ4v) is 3.62. The molecule has 146 valence electrons. The van der Waals surface area contributed by atoms with Gasteiger partial charge in [-0.1, -0.05) is 30.3 Å². The molecule has 0 saturated carbocycles. The van der Waals surface area contributed by atoms with Crippen LogP contribution in [0.1, 0.15) is 28.6 Å². The van der Waals surface area contributed by atoms with Crippen LogP contribution in [-0.4, -0.2) is 38.4 Å². The van der Waals surface area contributed by atoms with Crippen LogP contribution in [-0.2, 0) is 10.0 Å². The molecule has 0 bridgehead atoms. The van der Waals surface area contributed by atoms with Crippen molar-refractivity contribution in [2.24, 2.45) is 5.10 Å². The molecule has 0 unspecified atom stereocenters. The average Bonchev–Trinajstić information content (AvgIpc) is 3.03. The number of sulfonamides is 1. The molecule has 1 amide bonds. The number of furan rings is 1. The van der Waals surface area contributed by atoms with E-state index in [9.17, 15) is 13.2 Å². The molecule has 1 aromatic heterocycles. The van der Waals surface area contributed by atoms with Crippen LogP contribution < -0.4 is 5.43 Å². The number of nitrogens with zero attached hydrogens (tertiary/aromatic N) is 2. The number of carbonyl (C=O) groups excluding carboxylic acids is 1. The summed E-state index contributed by atoms with van der Waals surface area (Å²) in [5.74, 6) is -0.231. The first kappa shape index (κ1) is 19.8. The first-order chi connectivity index (χ1) is 13.2. The summed E-state index contributed by atoms with van der Waals surface area (Å²) in [5.41, 5.74) is 5.11. The summed E-state index contributed by atoms with van der Waals surface area (Å²) in [4.78, 5) is 12.6. The maximum atomic E-state index is 12.4. The van der Waals surface area contributed by atoms with Gasteiger partial charge in [-0.05, 0) is 37.6 Å². The van der Waals surface area contributed by atoms with Gasteiger partial charge in [0.15, 0.2) is 5.76 Å². The zero-order valence-corrected chi connectivity index (χ0v) is 16.9. The SMILES string of the molecule is C/C(=N/NC(=O)c1oc2ccccc2c1C)c1ccc(S(=O)(=O)N(C)C)cc1. The highest BCUT2D eigenvalue weighted by molar-refractivity contribution is 7.89. The minimum absolute atomic E-state index is 0.191. The van der Waals surface area contributed by atoms with Crippen molar-refractivity contribution in [3.63, 3.8) is 0 Å². The number of amides is 1. The van der Waals surface area contributed by atoms with Crippen LogP contribution in [0.4, 0.5) is 0 Å². The number of fused-ring (bicyclic) bond motifs is 1. The third-order valence-corrected chi connectivity index (χ3v) is 6.26. The molecule has 28 heavy (non-hydrogen) atoms. The number of hydrogen-bond acceptors (Lipinski definition) is 5. The molecule has 0 spiro atoms. The van der Waals surface area contributed by atoms with Crippen LogP contribution in [0.15, 0.2) is 62.9 Å². The maximum absolute atomic E-state index is 12.4. The van der Waals surface area contributed by atoms with Gasteiger partial charge in [0.2, 0.25) is 10.0 Å². The molecular formula is C20H21N3O4S. The Kier molecular flexibility index (Phi) is 5.35. The third kappa shape index (κ3) is 3.69. The van der Waals surface area contributed by atoms with Crippen molar-refractivity contribution >= 4 is 32.6 Å². The Balaban J connectivity index is 1.78. The summed E-state index contributed by atoms with van der Waals surface area (Å²) in [7, 11) is -0.532. The molecule has 0 fully saturated rings. The Labute approximate surface area is 163 Å². The standard InChI is InChI=1S/C20H21N3O4S/c1-13-17-7-5-6-8-18(17)27-19(13)20(24)22-21-14(2)15-9-11-16(12-10-15)28(25,26)23(3)4/h5-12H,1-4H3,(H,22,24)/b21-14-. The van der Waals surface area contributed by atoms with E-state index in [-0.39, 0.29) is 10.7 Å². The van der Waals surface area contributed by atoms with Crippen LogP contribution in [0.5, 0.6) is 0 Å². The molecule has 3 rings (SSSR count). The number of para-hydroxylation sites is 1. The van der Waals surface area contributed by atoms with E-state index in [0.29, 0.717) is 16.9 Å². The van der Waals surface area contributed by atoms with E-state index in [1.807, 2.05) is 25.1 Å². The van der Waals surface area contributed by atoms with Crippen LogP contribution in [0.25, 0.3) is 11.0 Å². The van der Waals surface area contributed by atoms with Gasteiger partial charge in [-0.3, -0.25) is 4.79 Å². The van der Waals surface area contributed by atoms with Gasteiger partial charge in [0, 0.05) is 25.0 Å². The molecule has 2 aromatic carbocycles. The highest BCUT2D eigenvalue weighted by Crippen LogP contribution is 2.24. The fourth-order valence-electron chi connectivity index (χ4n) is 2.72. The van der Waals surface area contributed by atoms with Crippen molar-refractivity contribution in [3.8, 4) is 0 Å². The number of rotatable bonds is 5. The van der Waals surface area contributed by atoms with Crippen molar-refractivity contribution in [1.82, 2.24) is 9.73 Å². The van der Waals surface area contributed by atoms with Gasteiger partial charge in [-0.2, -0.15) is 5.10 Å². The topological polar surface area (TPSA) is 92.0 Å². The lowest BCUT2D eigenvalue weighted by atomic mass is 10.1. The van der Waals surface area contributed by atoms with E-state index in [1.165, 1.54) is 26.2 Å². The Bertz CT molecular complexity index is 1160. The number of hydrazone groups is 1. The van der Waals surface area contributed by atoms with E-state index in [1.54, 1.807) is 25.1 Å². The van der Waals surface area contributed by atoms with Gasteiger partial charge in [0.25, 0.3) is 0 Å². The molecule has 0 radical (unpaired) electrons. The van der Waals surface area contributed by atoms with E-state index < -0.39 is 15.9 Å². The Morgan fingerprint density at radius 3 is 2.32 bits per heavy atom. The molecule has 0 aliphatic carbocycles. The Hall–Kier alpha value is -2.97. The van der Waals surface area contributed by atoms with Crippen molar-refractivity contribution in [3.05, 3.63) is 65.4 Å². The number of benzene rings is 2. The first-order valence-electron chi connectivity index (χ1n) is 8.57. The number of nitrogens with one attached hydrogen (secondary N) is 1. The van der Waals surface area contributed by atoms with Gasteiger partial charge < -0.3 is 4.42 Å². The maximum Gasteiger partial charge on any atom is 0.307 e. The molecule has 1 heterocycles. The van der Waals surface area contributed by atoms with Gasteiger partial charge in [0.05, 0.1) is 10.6 Å². The van der Waals surface area contributed by atoms with E-state index in [4.69, 9.17) is 4.42 Å². The third-order valence-electron chi connectivity index (χ3n) is 4.43. The lowest BCUT2D eigenvalue weighted by molar-refractivity contribution is 0.0928. The molecule has 3 aromatic rings. The Morgan fingerprint density at radius 1 is 1.07 bits per heavy atom. The number of aryl methyl sites for hydroxylation is 1. The molecule has 7 nitrogen and oxygen atoms in total. The van der Waals surface area contributed by atoms with Crippen molar-refractivity contribution < 1.29 is 17.6 Å². The van der Waals surface area contributed by atoms with Gasteiger partial charge in [-0.25, -0.2) is 18.1 Å². The minimum Gasteiger partial charge on any atom is -0.451 e. The Morgan fingerprint density at radius 2 is 1.71 bits per heavy atom. The van der Waals surface area contributed by atoms with E-state index in [2.05, 4.69) is 10.5 Å². The van der Waals surface area contributed by atoms with Crippen LogP contribution >= 0.6 is 0 Å². The zero-order valence-electron chi connectivity index (χ0n) is 16.1. The molecule has 8 heteroatoms. The lowest BCUT2D eigenvalue weighted by Gasteiger charge is -2.11. The summed E-state index contributed by atoms with van der Waals surface area (Å²) in [5, 5.41) is 4.99. The molecule has 0 atom stereocenters. The summed E-state index contributed by atoms with van der Waals surface area (Å²) >= 11 is 0. The summed E-state index contributed by atoms with van der Waals surface area (Å²) in [6.45, 7) is 3.54. The molecule has 0 aliphatic heterocycles.